The van der Waals surface area contributed by atoms with Crippen LogP contribution in [0.25, 0.3) is 0 Å². The van der Waals surface area contributed by atoms with Crippen LogP contribution in [0.3, 0.4) is 0 Å². The molecule has 2 N–H and O–H groups in total. The van der Waals surface area contributed by atoms with E-state index in [0.717, 1.165) is 21.0 Å². The molecule has 1 aliphatic carbocycles. The summed E-state index contributed by atoms with van der Waals surface area (Å²) in [7, 11) is 0. The summed E-state index contributed by atoms with van der Waals surface area (Å²) < 4.78 is 1.08. The third-order valence-electron chi connectivity index (χ3n) is 4.27. The van der Waals surface area contributed by atoms with Crippen molar-refractivity contribution in [3.05, 3.63) is 33.3 Å². The summed E-state index contributed by atoms with van der Waals surface area (Å²) in [4.78, 5) is 0. The molecule has 18 heavy (non-hydrogen) atoms. The van der Waals surface area contributed by atoms with Crippen molar-refractivity contribution in [3.8, 4) is 0 Å². The summed E-state index contributed by atoms with van der Waals surface area (Å²) in [6.45, 7) is 2.28. The molecule has 0 saturated heterocycles. The molecule has 1 aliphatic rings. The first kappa shape index (κ1) is 14.4. The monoisotopic (exact) mass is 329 g/mol. The van der Waals surface area contributed by atoms with E-state index in [1.165, 1.54) is 32.1 Å². The van der Waals surface area contributed by atoms with Crippen LogP contribution in [-0.4, -0.2) is 0 Å². The van der Waals surface area contributed by atoms with E-state index in [0.29, 0.717) is 5.92 Å². The zero-order chi connectivity index (χ0) is 13.1. The van der Waals surface area contributed by atoms with Crippen molar-refractivity contribution in [2.24, 2.45) is 17.6 Å². The predicted molar refractivity (Wildman–Crippen MR) is 81.8 cm³/mol. The summed E-state index contributed by atoms with van der Waals surface area (Å²) in [5.41, 5.74) is 7.68. The molecule has 1 fully saturated rings. The van der Waals surface area contributed by atoms with E-state index >= 15 is 0 Å². The van der Waals surface area contributed by atoms with Crippen LogP contribution in [0, 0.1) is 11.8 Å². The maximum Gasteiger partial charge on any atom is 0.0410 e. The summed E-state index contributed by atoms with van der Waals surface area (Å²) >= 11 is 9.69. The van der Waals surface area contributed by atoms with Gasteiger partial charge in [-0.15, -0.1) is 0 Å². The van der Waals surface area contributed by atoms with Gasteiger partial charge in [-0.25, -0.2) is 0 Å². The second-order valence-corrected chi connectivity index (χ2v) is 6.60. The molecule has 1 aromatic rings. The molecule has 0 heterocycles. The van der Waals surface area contributed by atoms with E-state index in [2.05, 4.69) is 22.9 Å². The Bertz CT molecular complexity index is 407. The lowest BCUT2D eigenvalue weighted by molar-refractivity contribution is 0.196. The largest absolute Gasteiger partial charge is 0.324 e. The Kier molecular flexibility index (Phi) is 5.11. The highest BCUT2D eigenvalue weighted by molar-refractivity contribution is 9.10. The highest BCUT2D eigenvalue weighted by Gasteiger charge is 2.30. The number of hydrogen-bond donors (Lipinski definition) is 1. The molecule has 1 saturated carbocycles. The Morgan fingerprint density at radius 2 is 2.11 bits per heavy atom. The molecule has 3 heteroatoms. The van der Waals surface area contributed by atoms with Crippen LogP contribution in [0.1, 0.15) is 50.6 Å². The quantitative estimate of drug-likeness (QED) is 0.797. The van der Waals surface area contributed by atoms with Gasteiger partial charge in [0.25, 0.3) is 0 Å². The van der Waals surface area contributed by atoms with Crippen molar-refractivity contribution in [2.45, 2.75) is 45.1 Å². The van der Waals surface area contributed by atoms with Crippen molar-refractivity contribution in [2.75, 3.05) is 0 Å². The number of hydrogen-bond acceptors (Lipinski definition) is 1. The minimum Gasteiger partial charge on any atom is -0.324 e. The first-order chi connectivity index (χ1) is 8.63. The molecule has 0 radical (unpaired) electrons. The Hall–Kier alpha value is -0.0500. The van der Waals surface area contributed by atoms with E-state index in [1.54, 1.807) is 0 Å². The van der Waals surface area contributed by atoms with E-state index < -0.39 is 0 Å². The van der Waals surface area contributed by atoms with Gasteiger partial charge >= 0.3 is 0 Å². The third kappa shape index (κ3) is 3.09. The van der Waals surface area contributed by atoms with Crippen LogP contribution < -0.4 is 5.73 Å². The lowest BCUT2D eigenvalue weighted by Gasteiger charge is -2.35. The second-order valence-electron chi connectivity index (χ2n) is 5.31. The molecular weight excluding hydrogens is 310 g/mol. The smallest absolute Gasteiger partial charge is 0.0410 e. The van der Waals surface area contributed by atoms with Crippen LogP contribution in [-0.2, 0) is 0 Å². The molecular formula is C15H21BrClN. The SMILES string of the molecule is CCC1CCCCC1C(N)c1cc(Cl)ccc1Br. The van der Waals surface area contributed by atoms with E-state index in [9.17, 15) is 0 Å². The molecule has 100 valence electrons. The van der Waals surface area contributed by atoms with Crippen LogP contribution in [0.5, 0.6) is 0 Å². The lowest BCUT2D eigenvalue weighted by Crippen LogP contribution is -2.30. The Labute approximate surface area is 123 Å². The normalized spacial score (nSPS) is 26.0. The fourth-order valence-corrected chi connectivity index (χ4v) is 3.91. The molecule has 1 nitrogen and oxygen atoms in total. The molecule has 0 amide bonds. The first-order valence-corrected chi connectivity index (χ1v) is 8.01. The summed E-state index contributed by atoms with van der Waals surface area (Å²) in [6, 6.07) is 6.02. The minimum absolute atomic E-state index is 0.100. The number of rotatable bonds is 3. The average Bonchev–Trinajstić information content (AvgIpc) is 2.40. The lowest BCUT2D eigenvalue weighted by atomic mass is 9.73. The molecule has 2 rings (SSSR count). The van der Waals surface area contributed by atoms with Crippen molar-refractivity contribution in [1.29, 1.82) is 0 Å². The van der Waals surface area contributed by atoms with Gasteiger partial charge in [-0.1, -0.05) is 60.1 Å². The van der Waals surface area contributed by atoms with Gasteiger partial charge in [0.2, 0.25) is 0 Å². The van der Waals surface area contributed by atoms with Gasteiger partial charge in [0.05, 0.1) is 0 Å². The Morgan fingerprint density at radius 3 is 2.83 bits per heavy atom. The highest BCUT2D eigenvalue weighted by Crippen LogP contribution is 2.41. The van der Waals surface area contributed by atoms with Gasteiger partial charge in [-0.05, 0) is 42.0 Å². The number of benzene rings is 1. The predicted octanol–water partition coefficient (Wildman–Crippen LogP) is 5.32. The van der Waals surface area contributed by atoms with Crippen molar-refractivity contribution in [1.82, 2.24) is 0 Å². The summed E-state index contributed by atoms with van der Waals surface area (Å²) in [6.07, 6.45) is 6.48. The topological polar surface area (TPSA) is 26.0 Å². The van der Waals surface area contributed by atoms with E-state index in [-0.39, 0.29) is 6.04 Å². The fraction of sp³-hybridized carbons (Fsp3) is 0.600. The zero-order valence-corrected chi connectivity index (χ0v) is 13.2. The molecule has 0 bridgehead atoms. The first-order valence-electron chi connectivity index (χ1n) is 6.84. The van der Waals surface area contributed by atoms with Gasteiger partial charge < -0.3 is 5.73 Å². The molecule has 3 atom stereocenters. The number of halogens is 2. The average molecular weight is 331 g/mol. The van der Waals surface area contributed by atoms with Crippen molar-refractivity contribution < 1.29 is 0 Å². The van der Waals surface area contributed by atoms with Crippen LogP contribution in [0.2, 0.25) is 5.02 Å². The minimum atomic E-state index is 0.100. The Balaban J connectivity index is 2.23. The molecule has 3 unspecified atom stereocenters. The van der Waals surface area contributed by atoms with Gasteiger partial charge in [0, 0.05) is 15.5 Å². The van der Waals surface area contributed by atoms with Crippen molar-refractivity contribution >= 4 is 27.5 Å². The summed E-state index contributed by atoms with van der Waals surface area (Å²) in [5, 5.41) is 0.771. The second kappa shape index (κ2) is 6.40. The van der Waals surface area contributed by atoms with E-state index in [1.807, 2.05) is 18.2 Å². The molecule has 0 spiro atoms. The van der Waals surface area contributed by atoms with Gasteiger partial charge in [-0.2, -0.15) is 0 Å². The Morgan fingerprint density at radius 1 is 1.39 bits per heavy atom. The molecule has 1 aromatic carbocycles. The van der Waals surface area contributed by atoms with E-state index in [4.69, 9.17) is 17.3 Å². The van der Waals surface area contributed by atoms with Crippen molar-refractivity contribution in [3.63, 3.8) is 0 Å². The van der Waals surface area contributed by atoms with Crippen LogP contribution in [0.4, 0.5) is 0 Å². The number of nitrogens with two attached hydrogens (primary N) is 1. The van der Waals surface area contributed by atoms with Gasteiger partial charge in [0.1, 0.15) is 0 Å². The molecule has 0 aliphatic heterocycles. The highest BCUT2D eigenvalue weighted by atomic mass is 79.9. The van der Waals surface area contributed by atoms with Crippen LogP contribution in [0.15, 0.2) is 22.7 Å². The molecule has 0 aromatic heterocycles. The van der Waals surface area contributed by atoms with Gasteiger partial charge in [0.15, 0.2) is 0 Å². The maximum absolute atomic E-state index is 6.52. The van der Waals surface area contributed by atoms with Crippen LogP contribution >= 0.6 is 27.5 Å². The zero-order valence-electron chi connectivity index (χ0n) is 10.8. The van der Waals surface area contributed by atoms with Gasteiger partial charge in [-0.3, -0.25) is 0 Å². The maximum atomic E-state index is 6.52. The third-order valence-corrected chi connectivity index (χ3v) is 5.23. The summed E-state index contributed by atoms with van der Waals surface area (Å²) in [5.74, 6) is 1.36. The standard InChI is InChI=1S/C15H21BrClN/c1-2-10-5-3-4-6-12(10)15(18)13-9-11(17)7-8-14(13)16/h7-10,12,15H,2-6,18H2,1H3. The fourth-order valence-electron chi connectivity index (χ4n) is 3.22.